The van der Waals surface area contributed by atoms with Crippen LogP contribution in [0.5, 0.6) is 17.2 Å². The number of ketones is 1. The van der Waals surface area contributed by atoms with Gasteiger partial charge in [0.2, 0.25) is 5.75 Å². The maximum atomic E-state index is 14.2. The number of methoxy groups -OCH3 is 3. The first-order chi connectivity index (χ1) is 17.0. The van der Waals surface area contributed by atoms with Crippen molar-refractivity contribution in [1.29, 1.82) is 0 Å². The van der Waals surface area contributed by atoms with E-state index in [4.69, 9.17) is 14.2 Å². The molecule has 3 aromatic rings. The molecule has 0 aromatic heterocycles. The standard InChI is InChI=1S/C28H27FN2O4/c1-33-24-14-18(15-25(34-2)28(24)35-3)17-12-22-26(23(32)13-17)27(16-7-6-8-19(29)11-16)31-21-10-5-4-9-20(21)30-22/h4-11,14-15,17,27,30-31H,12-13H2,1-3H3/t17-,27-/m1/s1. The Hall–Kier alpha value is -4.00. The Bertz CT molecular complexity index is 1290. The Balaban J connectivity index is 1.60. The predicted octanol–water partition coefficient (Wildman–Crippen LogP) is 5.83. The van der Waals surface area contributed by atoms with Gasteiger partial charge in [0.25, 0.3) is 0 Å². The number of hydrogen-bond donors (Lipinski definition) is 2. The minimum atomic E-state index is -0.467. The van der Waals surface area contributed by atoms with E-state index in [9.17, 15) is 9.18 Å². The lowest BCUT2D eigenvalue weighted by molar-refractivity contribution is -0.116. The first-order valence-corrected chi connectivity index (χ1v) is 11.5. The normalized spacial score (nSPS) is 19.0. The number of hydrogen-bond acceptors (Lipinski definition) is 6. The zero-order valence-electron chi connectivity index (χ0n) is 19.9. The molecular weight excluding hydrogens is 447 g/mol. The number of rotatable bonds is 5. The number of benzene rings is 3. The van der Waals surface area contributed by atoms with E-state index >= 15 is 0 Å². The summed E-state index contributed by atoms with van der Waals surface area (Å²) < 4.78 is 30.7. The van der Waals surface area contributed by atoms with Gasteiger partial charge in [0.1, 0.15) is 5.82 Å². The molecule has 0 saturated carbocycles. The van der Waals surface area contributed by atoms with Gasteiger partial charge in [-0.15, -0.1) is 0 Å². The number of fused-ring (bicyclic) bond motifs is 1. The van der Waals surface area contributed by atoms with E-state index in [-0.39, 0.29) is 17.5 Å². The van der Waals surface area contributed by atoms with Crippen molar-refractivity contribution in [2.75, 3.05) is 32.0 Å². The summed E-state index contributed by atoms with van der Waals surface area (Å²) >= 11 is 0. The lowest BCUT2D eigenvalue weighted by Crippen LogP contribution is -2.27. The van der Waals surface area contributed by atoms with Crippen molar-refractivity contribution in [2.45, 2.75) is 24.8 Å². The number of ether oxygens (including phenoxy) is 3. The smallest absolute Gasteiger partial charge is 0.203 e. The molecule has 0 fully saturated rings. The molecule has 0 saturated heterocycles. The number of anilines is 2. The second-order valence-corrected chi connectivity index (χ2v) is 8.68. The maximum Gasteiger partial charge on any atom is 0.203 e. The number of Topliss-reactive ketones (excluding diaryl/α,β-unsaturated/α-hetero) is 1. The van der Waals surface area contributed by atoms with Crippen molar-refractivity contribution >= 4 is 17.2 Å². The summed E-state index contributed by atoms with van der Waals surface area (Å²) in [6, 6.07) is 17.5. The molecule has 0 amide bonds. The van der Waals surface area contributed by atoms with Crippen LogP contribution in [0, 0.1) is 5.82 Å². The first-order valence-electron chi connectivity index (χ1n) is 11.5. The van der Waals surface area contributed by atoms with Gasteiger partial charge in [-0.3, -0.25) is 4.79 Å². The van der Waals surface area contributed by atoms with Gasteiger partial charge in [-0.2, -0.15) is 0 Å². The lowest BCUT2D eigenvalue weighted by Gasteiger charge is -2.30. The Morgan fingerprint density at radius 2 is 1.54 bits per heavy atom. The average molecular weight is 475 g/mol. The number of halogens is 1. The number of carbonyl (C=O) groups excluding carboxylic acids is 1. The van der Waals surface area contributed by atoms with Crippen LogP contribution in [0.4, 0.5) is 15.8 Å². The third-order valence-electron chi connectivity index (χ3n) is 6.65. The summed E-state index contributed by atoms with van der Waals surface area (Å²) in [7, 11) is 4.72. The van der Waals surface area contributed by atoms with Crippen LogP contribution in [0.1, 0.15) is 35.9 Å². The number of carbonyl (C=O) groups is 1. The van der Waals surface area contributed by atoms with E-state index in [0.717, 1.165) is 22.6 Å². The van der Waals surface area contributed by atoms with Gasteiger partial charge < -0.3 is 24.8 Å². The molecule has 35 heavy (non-hydrogen) atoms. The summed E-state index contributed by atoms with van der Waals surface area (Å²) in [5, 5.41) is 6.98. The highest BCUT2D eigenvalue weighted by Gasteiger charge is 2.36. The zero-order valence-corrected chi connectivity index (χ0v) is 19.9. The Morgan fingerprint density at radius 3 is 2.20 bits per heavy atom. The van der Waals surface area contributed by atoms with Crippen LogP contribution in [0.15, 0.2) is 71.9 Å². The van der Waals surface area contributed by atoms with Crippen molar-refractivity contribution in [2.24, 2.45) is 0 Å². The Morgan fingerprint density at radius 1 is 0.829 bits per heavy atom. The van der Waals surface area contributed by atoms with Crippen LogP contribution >= 0.6 is 0 Å². The molecule has 2 atom stereocenters. The SMILES string of the molecule is COc1cc([C@H]2CC(=O)C3=C(C2)Nc2ccccc2N[C@@H]3c2cccc(F)c2)cc(OC)c1OC. The summed E-state index contributed by atoms with van der Waals surface area (Å²) in [4.78, 5) is 13.7. The molecule has 5 rings (SSSR count). The molecule has 0 bridgehead atoms. The average Bonchev–Trinajstić information content (AvgIpc) is 3.04. The largest absolute Gasteiger partial charge is 0.493 e. The second-order valence-electron chi connectivity index (χ2n) is 8.68. The van der Waals surface area contributed by atoms with Crippen molar-refractivity contribution in [3.63, 3.8) is 0 Å². The molecule has 0 unspecified atom stereocenters. The molecular formula is C28H27FN2O4. The molecule has 7 heteroatoms. The van der Waals surface area contributed by atoms with E-state index in [1.54, 1.807) is 27.4 Å². The summed E-state index contributed by atoms with van der Waals surface area (Å²) in [5.74, 6) is 1.18. The first kappa shape index (κ1) is 22.8. The molecule has 0 spiro atoms. The molecule has 0 radical (unpaired) electrons. The van der Waals surface area contributed by atoms with Crippen molar-refractivity contribution in [3.8, 4) is 17.2 Å². The molecule has 1 aliphatic heterocycles. The van der Waals surface area contributed by atoms with Crippen LogP contribution in [-0.2, 0) is 4.79 Å². The molecule has 2 aliphatic rings. The monoisotopic (exact) mass is 474 g/mol. The van der Waals surface area contributed by atoms with E-state index < -0.39 is 6.04 Å². The summed E-state index contributed by atoms with van der Waals surface area (Å²) in [6.07, 6.45) is 0.907. The fraction of sp³-hybridized carbons (Fsp3) is 0.250. The molecule has 6 nitrogen and oxygen atoms in total. The number of allylic oxidation sites excluding steroid dienone is 1. The fourth-order valence-corrected chi connectivity index (χ4v) is 5.00. The van der Waals surface area contributed by atoms with E-state index in [1.165, 1.54) is 12.1 Å². The summed E-state index contributed by atoms with van der Waals surface area (Å²) in [6.45, 7) is 0. The molecule has 3 aromatic carbocycles. The van der Waals surface area contributed by atoms with Crippen LogP contribution in [-0.4, -0.2) is 27.1 Å². The second kappa shape index (κ2) is 9.33. The topological polar surface area (TPSA) is 68.8 Å². The van der Waals surface area contributed by atoms with Gasteiger partial charge in [-0.05, 0) is 59.9 Å². The minimum Gasteiger partial charge on any atom is -0.493 e. The van der Waals surface area contributed by atoms with Crippen molar-refractivity contribution in [3.05, 3.63) is 88.9 Å². The predicted molar refractivity (Wildman–Crippen MR) is 133 cm³/mol. The molecule has 180 valence electrons. The molecule has 1 aliphatic carbocycles. The maximum absolute atomic E-state index is 14.2. The van der Waals surface area contributed by atoms with E-state index in [0.29, 0.717) is 41.2 Å². The highest BCUT2D eigenvalue weighted by Crippen LogP contribution is 2.47. The van der Waals surface area contributed by atoms with Crippen molar-refractivity contribution < 1.29 is 23.4 Å². The third kappa shape index (κ3) is 4.18. The van der Waals surface area contributed by atoms with Gasteiger partial charge in [0.15, 0.2) is 17.3 Å². The van der Waals surface area contributed by atoms with Gasteiger partial charge in [0, 0.05) is 17.7 Å². The third-order valence-corrected chi connectivity index (χ3v) is 6.65. The van der Waals surface area contributed by atoms with Crippen LogP contribution in [0.25, 0.3) is 0 Å². The van der Waals surface area contributed by atoms with E-state index in [2.05, 4.69) is 10.6 Å². The Kier molecular flexibility index (Phi) is 6.07. The van der Waals surface area contributed by atoms with Gasteiger partial charge in [0.05, 0.1) is 38.7 Å². The fourth-order valence-electron chi connectivity index (χ4n) is 5.00. The van der Waals surface area contributed by atoms with Crippen LogP contribution in [0.3, 0.4) is 0 Å². The van der Waals surface area contributed by atoms with E-state index in [1.807, 2.05) is 42.5 Å². The molecule has 2 N–H and O–H groups in total. The highest BCUT2D eigenvalue weighted by atomic mass is 19.1. The van der Waals surface area contributed by atoms with Gasteiger partial charge >= 0.3 is 0 Å². The quantitative estimate of drug-likeness (QED) is 0.485. The van der Waals surface area contributed by atoms with Gasteiger partial charge in [-0.25, -0.2) is 4.39 Å². The van der Waals surface area contributed by atoms with Crippen LogP contribution in [0.2, 0.25) is 0 Å². The summed E-state index contributed by atoms with van der Waals surface area (Å²) in [5.41, 5.74) is 4.82. The Labute approximate surface area is 203 Å². The zero-order chi connectivity index (χ0) is 24.5. The van der Waals surface area contributed by atoms with Crippen molar-refractivity contribution in [1.82, 2.24) is 0 Å². The number of nitrogens with one attached hydrogen (secondary N) is 2. The van der Waals surface area contributed by atoms with Crippen LogP contribution < -0.4 is 24.8 Å². The number of para-hydroxylation sites is 2. The highest BCUT2D eigenvalue weighted by molar-refractivity contribution is 6.01. The van der Waals surface area contributed by atoms with Gasteiger partial charge in [-0.1, -0.05) is 24.3 Å². The lowest BCUT2D eigenvalue weighted by atomic mass is 9.78. The molecule has 1 heterocycles. The minimum absolute atomic E-state index is 0.00655.